The van der Waals surface area contributed by atoms with E-state index >= 15 is 0 Å². The summed E-state index contributed by atoms with van der Waals surface area (Å²) in [6.45, 7) is 1.62. The maximum atomic E-state index is 8.45. The third-order valence-electron chi connectivity index (χ3n) is 1.58. The Morgan fingerprint density at radius 1 is 1.27 bits per heavy atom. The summed E-state index contributed by atoms with van der Waals surface area (Å²) >= 11 is 0. The molecule has 11 heavy (non-hydrogen) atoms. The lowest BCUT2D eigenvalue weighted by atomic mass is 10.2. The number of ether oxygens (including phenoxy) is 1. The van der Waals surface area contributed by atoms with E-state index in [2.05, 4.69) is 12.2 Å². The van der Waals surface area contributed by atoms with Gasteiger partial charge in [-0.3, -0.25) is 0 Å². The summed E-state index contributed by atoms with van der Waals surface area (Å²) < 4.78 is 5.30. The van der Waals surface area contributed by atoms with E-state index in [1.807, 2.05) is 12.2 Å². The van der Waals surface area contributed by atoms with Gasteiger partial charge in [-0.15, -0.1) is 0 Å². The average Bonchev–Trinajstić information content (AvgIpc) is 2.50. The fourth-order valence-electron chi connectivity index (χ4n) is 0.975. The van der Waals surface area contributed by atoms with Gasteiger partial charge in [-0.2, -0.15) is 0 Å². The smallest absolute Gasteiger partial charge is 0.0563 e. The summed E-state index contributed by atoms with van der Waals surface area (Å²) in [4.78, 5) is 0. The maximum absolute atomic E-state index is 8.45. The molecular formula is C9H14O2. The van der Waals surface area contributed by atoms with Crippen LogP contribution < -0.4 is 0 Å². The highest BCUT2D eigenvalue weighted by molar-refractivity contribution is 5.17. The molecule has 0 fully saturated rings. The van der Waals surface area contributed by atoms with Crippen molar-refractivity contribution in [3.05, 3.63) is 24.3 Å². The van der Waals surface area contributed by atoms with Crippen LogP contribution in [0.3, 0.4) is 0 Å². The highest BCUT2D eigenvalue weighted by Gasteiger charge is 2.02. The van der Waals surface area contributed by atoms with E-state index in [4.69, 9.17) is 9.84 Å². The lowest BCUT2D eigenvalue weighted by molar-refractivity contribution is 0.107. The zero-order valence-corrected chi connectivity index (χ0v) is 6.57. The Morgan fingerprint density at radius 2 is 2.00 bits per heavy atom. The number of rotatable bonds is 5. The average molecular weight is 154 g/mol. The zero-order chi connectivity index (χ0) is 7.94. The monoisotopic (exact) mass is 154 g/mol. The lowest BCUT2D eigenvalue weighted by Gasteiger charge is -2.05. The predicted octanol–water partition coefficient (Wildman–Crippen LogP) is 1.13. The highest BCUT2D eigenvalue weighted by Crippen LogP contribution is 2.08. The molecular weight excluding hydrogens is 140 g/mol. The van der Waals surface area contributed by atoms with Crippen LogP contribution in [0.5, 0.6) is 0 Å². The van der Waals surface area contributed by atoms with E-state index in [1.54, 1.807) is 0 Å². The van der Waals surface area contributed by atoms with Gasteiger partial charge in [0.1, 0.15) is 0 Å². The molecule has 0 aromatic heterocycles. The molecule has 0 heterocycles. The minimum Gasteiger partial charge on any atom is -0.396 e. The van der Waals surface area contributed by atoms with Gasteiger partial charge >= 0.3 is 0 Å². The number of hydrogen-bond donors (Lipinski definition) is 1. The van der Waals surface area contributed by atoms with Gasteiger partial charge in [0.2, 0.25) is 0 Å². The second-order valence-corrected chi connectivity index (χ2v) is 2.59. The van der Waals surface area contributed by atoms with Gasteiger partial charge in [0.15, 0.2) is 0 Å². The predicted molar refractivity (Wildman–Crippen MR) is 44.3 cm³/mol. The van der Waals surface area contributed by atoms with Crippen molar-refractivity contribution in [3.63, 3.8) is 0 Å². The van der Waals surface area contributed by atoms with Crippen LogP contribution in [0.25, 0.3) is 0 Å². The number of allylic oxidation sites excluding steroid dienone is 2. The second-order valence-electron chi connectivity index (χ2n) is 2.59. The van der Waals surface area contributed by atoms with E-state index in [1.165, 1.54) is 0 Å². The summed E-state index contributed by atoms with van der Waals surface area (Å²) in [6.07, 6.45) is 9.01. The fourth-order valence-corrected chi connectivity index (χ4v) is 0.975. The Hall–Kier alpha value is -0.600. The van der Waals surface area contributed by atoms with Crippen LogP contribution in [-0.4, -0.2) is 24.9 Å². The van der Waals surface area contributed by atoms with Crippen molar-refractivity contribution in [2.75, 3.05) is 19.8 Å². The molecule has 1 aliphatic carbocycles. The van der Waals surface area contributed by atoms with Gasteiger partial charge < -0.3 is 9.84 Å². The highest BCUT2D eigenvalue weighted by atomic mass is 16.5. The first-order valence-electron chi connectivity index (χ1n) is 3.97. The quantitative estimate of drug-likeness (QED) is 0.601. The molecule has 0 aromatic carbocycles. The van der Waals surface area contributed by atoms with E-state index in [0.29, 0.717) is 12.5 Å². The van der Waals surface area contributed by atoms with Gasteiger partial charge in [0.25, 0.3) is 0 Å². The van der Waals surface area contributed by atoms with Crippen molar-refractivity contribution in [3.8, 4) is 0 Å². The van der Waals surface area contributed by atoms with Crippen LogP contribution in [0.15, 0.2) is 24.3 Å². The molecule has 0 amide bonds. The van der Waals surface area contributed by atoms with Crippen LogP contribution in [-0.2, 0) is 4.74 Å². The third kappa shape index (κ3) is 3.35. The molecule has 0 bridgehead atoms. The molecule has 62 valence electrons. The zero-order valence-electron chi connectivity index (χ0n) is 6.57. The van der Waals surface area contributed by atoms with Crippen LogP contribution >= 0.6 is 0 Å². The van der Waals surface area contributed by atoms with Gasteiger partial charge in [-0.1, -0.05) is 24.3 Å². The minimum absolute atomic E-state index is 0.219. The normalized spacial score (nSPS) is 16.5. The van der Waals surface area contributed by atoms with Gasteiger partial charge in [-0.25, -0.2) is 0 Å². The van der Waals surface area contributed by atoms with Crippen LogP contribution in [0.1, 0.15) is 6.42 Å². The lowest BCUT2D eigenvalue weighted by Crippen LogP contribution is -2.05. The molecule has 2 nitrogen and oxygen atoms in total. The summed E-state index contributed by atoms with van der Waals surface area (Å²) in [5.74, 6) is 0.452. The SMILES string of the molecule is OCCCOCC1C=CC=C1. The summed E-state index contributed by atoms with van der Waals surface area (Å²) in [5, 5.41) is 8.45. The molecule has 0 saturated heterocycles. The van der Waals surface area contributed by atoms with E-state index in [-0.39, 0.29) is 6.61 Å². The van der Waals surface area contributed by atoms with Crippen LogP contribution in [0.2, 0.25) is 0 Å². The first kappa shape index (κ1) is 8.50. The number of hydrogen-bond acceptors (Lipinski definition) is 2. The summed E-state index contributed by atoms with van der Waals surface area (Å²) in [6, 6.07) is 0. The number of aliphatic hydroxyl groups excluding tert-OH is 1. The fraction of sp³-hybridized carbons (Fsp3) is 0.556. The van der Waals surface area contributed by atoms with Gasteiger partial charge in [0, 0.05) is 19.1 Å². The van der Waals surface area contributed by atoms with Crippen LogP contribution in [0, 0.1) is 5.92 Å². The molecule has 0 radical (unpaired) electrons. The van der Waals surface area contributed by atoms with Crippen molar-refractivity contribution in [1.29, 1.82) is 0 Å². The largest absolute Gasteiger partial charge is 0.396 e. The van der Waals surface area contributed by atoms with Crippen molar-refractivity contribution in [2.24, 2.45) is 5.92 Å². The summed E-state index contributed by atoms with van der Waals surface area (Å²) in [5.41, 5.74) is 0. The molecule has 0 aliphatic heterocycles. The van der Waals surface area contributed by atoms with E-state index in [9.17, 15) is 0 Å². The molecule has 1 aliphatic rings. The molecule has 1 N–H and O–H groups in total. The van der Waals surface area contributed by atoms with Gasteiger partial charge in [-0.05, 0) is 6.42 Å². The van der Waals surface area contributed by atoms with Crippen molar-refractivity contribution >= 4 is 0 Å². The molecule has 0 aromatic rings. The van der Waals surface area contributed by atoms with Crippen molar-refractivity contribution < 1.29 is 9.84 Å². The first-order chi connectivity index (χ1) is 5.43. The topological polar surface area (TPSA) is 29.5 Å². The standard InChI is InChI=1S/C9H14O2/c10-6-3-7-11-8-9-4-1-2-5-9/h1-2,4-5,9-10H,3,6-8H2. The Labute approximate surface area is 67.2 Å². The molecule has 0 saturated carbocycles. The molecule has 2 heteroatoms. The van der Waals surface area contributed by atoms with E-state index < -0.39 is 0 Å². The van der Waals surface area contributed by atoms with Crippen LogP contribution in [0.4, 0.5) is 0 Å². The maximum Gasteiger partial charge on any atom is 0.0563 e. The molecule has 1 rings (SSSR count). The third-order valence-corrected chi connectivity index (χ3v) is 1.58. The Kier molecular flexibility index (Phi) is 3.94. The molecule has 0 unspecified atom stereocenters. The first-order valence-corrected chi connectivity index (χ1v) is 3.97. The van der Waals surface area contributed by atoms with E-state index in [0.717, 1.165) is 13.0 Å². The van der Waals surface area contributed by atoms with Crippen molar-refractivity contribution in [1.82, 2.24) is 0 Å². The Balaban J connectivity index is 1.95. The molecule has 0 spiro atoms. The second kappa shape index (κ2) is 5.10. The van der Waals surface area contributed by atoms with Gasteiger partial charge in [0.05, 0.1) is 6.61 Å². The van der Waals surface area contributed by atoms with Crippen molar-refractivity contribution in [2.45, 2.75) is 6.42 Å². The number of aliphatic hydroxyl groups is 1. The Morgan fingerprint density at radius 3 is 2.64 bits per heavy atom. The molecule has 0 atom stereocenters. The Bertz CT molecular complexity index is 138. The minimum atomic E-state index is 0.219. The summed E-state index contributed by atoms with van der Waals surface area (Å²) in [7, 11) is 0.